The van der Waals surface area contributed by atoms with Crippen LogP contribution in [0, 0.1) is 27.7 Å². The Hall–Kier alpha value is -2.86. The lowest BCUT2D eigenvalue weighted by atomic mass is 10.1. The number of aromatic nitrogens is 1. The van der Waals surface area contributed by atoms with E-state index in [2.05, 4.69) is 15.0 Å². The molecule has 2 N–H and O–H groups in total. The average Bonchev–Trinajstić information content (AvgIpc) is 2.55. The standard InChI is InChI=1S/C21H23N3O2S/c1-14-6-5-7-18(12-14)23-20-9-8-19(13-22-20)24-27(25,26)21-16(3)10-15(2)11-17(21)4/h5-13,24H,1-4H3,(H,22,23). The minimum atomic E-state index is -3.68. The molecule has 0 spiro atoms. The van der Waals surface area contributed by atoms with Gasteiger partial charge in [0.2, 0.25) is 0 Å². The number of anilines is 3. The Bertz CT molecular complexity index is 1050. The fourth-order valence-electron chi connectivity index (χ4n) is 3.20. The Balaban J connectivity index is 1.80. The number of pyridine rings is 1. The molecule has 1 heterocycles. The minimum absolute atomic E-state index is 0.315. The summed E-state index contributed by atoms with van der Waals surface area (Å²) in [6.07, 6.45) is 1.51. The van der Waals surface area contributed by atoms with Crippen molar-refractivity contribution in [3.8, 4) is 0 Å². The highest BCUT2D eigenvalue weighted by atomic mass is 32.2. The highest BCUT2D eigenvalue weighted by molar-refractivity contribution is 7.92. The monoisotopic (exact) mass is 381 g/mol. The Labute approximate surface area is 160 Å². The van der Waals surface area contributed by atoms with Gasteiger partial charge in [-0.2, -0.15) is 0 Å². The van der Waals surface area contributed by atoms with E-state index in [4.69, 9.17) is 0 Å². The third-order valence-electron chi connectivity index (χ3n) is 4.18. The van der Waals surface area contributed by atoms with Gasteiger partial charge in [0.15, 0.2) is 0 Å². The van der Waals surface area contributed by atoms with Gasteiger partial charge < -0.3 is 5.32 Å². The lowest BCUT2D eigenvalue weighted by Crippen LogP contribution is -2.16. The molecule has 0 amide bonds. The molecule has 0 saturated heterocycles. The average molecular weight is 382 g/mol. The lowest BCUT2D eigenvalue weighted by molar-refractivity contribution is 0.600. The van der Waals surface area contributed by atoms with Gasteiger partial charge in [-0.05, 0) is 68.7 Å². The molecule has 3 aromatic rings. The van der Waals surface area contributed by atoms with Crippen LogP contribution in [0.25, 0.3) is 0 Å². The molecule has 1 aromatic heterocycles. The van der Waals surface area contributed by atoms with Gasteiger partial charge in [-0.15, -0.1) is 0 Å². The quantitative estimate of drug-likeness (QED) is 0.662. The Morgan fingerprint density at radius 3 is 2.11 bits per heavy atom. The number of hydrogen-bond acceptors (Lipinski definition) is 4. The molecule has 0 aliphatic heterocycles. The first kappa shape index (κ1) is 18.9. The summed E-state index contributed by atoms with van der Waals surface area (Å²) < 4.78 is 28.2. The first-order valence-electron chi connectivity index (χ1n) is 8.65. The number of nitrogens with one attached hydrogen (secondary N) is 2. The van der Waals surface area contributed by atoms with Crippen molar-refractivity contribution in [2.75, 3.05) is 10.0 Å². The molecule has 140 valence electrons. The largest absolute Gasteiger partial charge is 0.340 e. The molecule has 0 bridgehead atoms. The maximum absolute atomic E-state index is 12.8. The predicted octanol–water partition coefficient (Wildman–Crippen LogP) is 4.86. The van der Waals surface area contributed by atoms with Crippen LogP contribution in [0.5, 0.6) is 0 Å². The van der Waals surface area contributed by atoms with Gasteiger partial charge in [0.1, 0.15) is 5.82 Å². The molecule has 27 heavy (non-hydrogen) atoms. The number of hydrogen-bond donors (Lipinski definition) is 2. The fraction of sp³-hybridized carbons (Fsp3) is 0.190. The van der Waals surface area contributed by atoms with Crippen molar-refractivity contribution in [3.63, 3.8) is 0 Å². The van der Waals surface area contributed by atoms with Gasteiger partial charge in [0, 0.05) is 5.69 Å². The van der Waals surface area contributed by atoms with Gasteiger partial charge in [0.25, 0.3) is 10.0 Å². The number of sulfonamides is 1. The zero-order chi connectivity index (χ0) is 19.6. The number of benzene rings is 2. The summed E-state index contributed by atoms with van der Waals surface area (Å²) >= 11 is 0. The SMILES string of the molecule is Cc1cccc(Nc2ccc(NS(=O)(=O)c3c(C)cc(C)cc3C)cn2)c1. The number of nitrogens with zero attached hydrogens (tertiary/aromatic N) is 1. The highest BCUT2D eigenvalue weighted by Gasteiger charge is 2.20. The molecule has 2 aromatic carbocycles. The van der Waals surface area contributed by atoms with Gasteiger partial charge in [-0.25, -0.2) is 13.4 Å². The zero-order valence-electron chi connectivity index (χ0n) is 15.9. The second kappa shape index (κ2) is 7.40. The molecule has 0 saturated carbocycles. The maximum atomic E-state index is 12.8. The maximum Gasteiger partial charge on any atom is 0.262 e. The minimum Gasteiger partial charge on any atom is -0.340 e. The third kappa shape index (κ3) is 4.46. The molecule has 0 unspecified atom stereocenters. The summed E-state index contributed by atoms with van der Waals surface area (Å²) in [7, 11) is -3.68. The molecule has 3 rings (SSSR count). The van der Waals surface area contributed by atoms with Crippen molar-refractivity contribution in [2.45, 2.75) is 32.6 Å². The van der Waals surface area contributed by atoms with Crippen molar-refractivity contribution >= 4 is 27.2 Å². The van der Waals surface area contributed by atoms with E-state index in [9.17, 15) is 8.42 Å². The molecule has 6 heteroatoms. The number of rotatable bonds is 5. The first-order valence-corrected chi connectivity index (χ1v) is 10.1. The molecule has 0 aliphatic rings. The van der Waals surface area contributed by atoms with Crippen molar-refractivity contribution < 1.29 is 8.42 Å². The zero-order valence-corrected chi connectivity index (χ0v) is 16.7. The van der Waals surface area contributed by atoms with E-state index in [1.807, 2.05) is 64.1 Å². The normalized spacial score (nSPS) is 11.3. The van der Waals surface area contributed by atoms with Gasteiger partial charge in [-0.3, -0.25) is 4.72 Å². The van der Waals surface area contributed by atoms with Crippen LogP contribution in [-0.2, 0) is 10.0 Å². The second-order valence-electron chi connectivity index (χ2n) is 6.76. The second-order valence-corrected chi connectivity index (χ2v) is 8.38. The summed E-state index contributed by atoms with van der Waals surface area (Å²) in [5.74, 6) is 0.645. The van der Waals surface area contributed by atoms with Crippen molar-refractivity contribution in [1.29, 1.82) is 0 Å². The van der Waals surface area contributed by atoms with Crippen LogP contribution in [0.3, 0.4) is 0 Å². The summed E-state index contributed by atoms with van der Waals surface area (Å²) in [5.41, 5.74) is 4.99. The van der Waals surface area contributed by atoms with E-state index in [-0.39, 0.29) is 0 Å². The Morgan fingerprint density at radius 1 is 0.815 bits per heavy atom. The van der Waals surface area contributed by atoms with Crippen molar-refractivity contribution in [1.82, 2.24) is 4.98 Å². The smallest absolute Gasteiger partial charge is 0.262 e. The van der Waals surface area contributed by atoms with E-state index >= 15 is 0 Å². The molecule has 5 nitrogen and oxygen atoms in total. The van der Waals surface area contributed by atoms with E-state index < -0.39 is 10.0 Å². The van der Waals surface area contributed by atoms with Crippen LogP contribution in [0.4, 0.5) is 17.2 Å². The summed E-state index contributed by atoms with van der Waals surface area (Å²) in [6, 6.07) is 15.1. The Morgan fingerprint density at radius 2 is 1.52 bits per heavy atom. The van der Waals surface area contributed by atoms with Crippen LogP contribution in [0.2, 0.25) is 0 Å². The Kier molecular flexibility index (Phi) is 5.19. The summed E-state index contributed by atoms with van der Waals surface area (Å²) in [6.45, 7) is 7.59. The topological polar surface area (TPSA) is 71.1 Å². The predicted molar refractivity (Wildman–Crippen MR) is 110 cm³/mol. The van der Waals surface area contributed by atoms with Gasteiger partial charge >= 0.3 is 0 Å². The molecular weight excluding hydrogens is 358 g/mol. The van der Waals surface area contributed by atoms with E-state index in [1.165, 1.54) is 6.20 Å². The first-order chi connectivity index (χ1) is 12.7. The van der Waals surface area contributed by atoms with Crippen LogP contribution < -0.4 is 10.0 Å². The molecule has 0 fully saturated rings. The molecule has 0 atom stereocenters. The van der Waals surface area contributed by atoms with Crippen LogP contribution in [-0.4, -0.2) is 13.4 Å². The van der Waals surface area contributed by atoms with Crippen molar-refractivity contribution in [3.05, 3.63) is 77.0 Å². The van der Waals surface area contributed by atoms with E-state index in [0.717, 1.165) is 27.9 Å². The van der Waals surface area contributed by atoms with E-state index in [1.54, 1.807) is 12.1 Å². The number of aryl methyl sites for hydroxylation is 4. The highest BCUT2D eigenvalue weighted by Crippen LogP contribution is 2.25. The van der Waals surface area contributed by atoms with Gasteiger partial charge in [-0.1, -0.05) is 29.8 Å². The summed E-state index contributed by atoms with van der Waals surface area (Å²) in [5, 5.41) is 3.20. The van der Waals surface area contributed by atoms with Crippen molar-refractivity contribution in [2.24, 2.45) is 0 Å². The van der Waals surface area contributed by atoms with Gasteiger partial charge in [0.05, 0.1) is 16.8 Å². The van der Waals surface area contributed by atoms with Crippen LogP contribution >= 0.6 is 0 Å². The molecule has 0 aliphatic carbocycles. The molecule has 0 radical (unpaired) electrons. The fourth-order valence-corrected chi connectivity index (χ4v) is 4.69. The molecular formula is C21H23N3O2S. The third-order valence-corrected chi connectivity index (χ3v) is 5.87. The summed E-state index contributed by atoms with van der Waals surface area (Å²) in [4.78, 5) is 4.62. The van der Waals surface area contributed by atoms with Crippen LogP contribution in [0.15, 0.2) is 59.6 Å². The van der Waals surface area contributed by atoms with E-state index in [0.29, 0.717) is 16.4 Å². The lowest BCUT2D eigenvalue weighted by Gasteiger charge is -2.14. The van der Waals surface area contributed by atoms with Crippen LogP contribution in [0.1, 0.15) is 22.3 Å².